The normalized spacial score (nSPS) is 21.9. The van der Waals surface area contributed by atoms with Crippen LogP contribution in [0.2, 0.25) is 0 Å². The van der Waals surface area contributed by atoms with Crippen LogP contribution >= 0.6 is 0 Å². The molecule has 0 spiro atoms. The number of hydrogen-bond acceptors (Lipinski definition) is 3. The van der Waals surface area contributed by atoms with E-state index < -0.39 is 6.10 Å². The van der Waals surface area contributed by atoms with E-state index in [1.807, 2.05) is 25.1 Å². The maximum absolute atomic E-state index is 9.85. The number of ether oxygens (including phenoxy) is 1. The summed E-state index contributed by atoms with van der Waals surface area (Å²) in [5.74, 6) is 0.603. The van der Waals surface area contributed by atoms with E-state index in [1.165, 1.54) is 18.5 Å². The Kier molecular flexibility index (Phi) is 4.61. The van der Waals surface area contributed by atoms with Crippen LogP contribution < -0.4 is 4.90 Å². The summed E-state index contributed by atoms with van der Waals surface area (Å²) in [4.78, 5) is 2.38. The van der Waals surface area contributed by atoms with Gasteiger partial charge in [0.25, 0.3) is 0 Å². The van der Waals surface area contributed by atoms with Crippen molar-refractivity contribution in [3.05, 3.63) is 29.8 Å². The highest BCUT2D eigenvalue weighted by Crippen LogP contribution is 2.29. The first-order valence-electron chi connectivity index (χ1n) is 6.73. The van der Waals surface area contributed by atoms with E-state index in [9.17, 15) is 5.11 Å². The van der Waals surface area contributed by atoms with Crippen LogP contribution in [0.25, 0.3) is 0 Å². The fourth-order valence-electron chi connectivity index (χ4n) is 2.78. The lowest BCUT2D eigenvalue weighted by Gasteiger charge is -2.35. The number of anilines is 1. The number of piperidine rings is 1. The fraction of sp³-hybridized carbons (Fsp3) is 0.600. The minimum absolute atomic E-state index is 0.413. The van der Waals surface area contributed by atoms with Crippen molar-refractivity contribution in [1.29, 1.82) is 0 Å². The lowest BCUT2D eigenvalue weighted by molar-refractivity contribution is 0.143. The molecule has 1 aliphatic rings. The Balaban J connectivity index is 2.15. The number of hydrogen-bond donors (Lipinski definition) is 1. The third-order valence-electron chi connectivity index (χ3n) is 3.65. The molecule has 3 nitrogen and oxygen atoms in total. The van der Waals surface area contributed by atoms with Gasteiger partial charge < -0.3 is 14.7 Å². The molecular weight excluding hydrogens is 226 g/mol. The van der Waals surface area contributed by atoms with Crippen LogP contribution in [0.15, 0.2) is 24.3 Å². The minimum Gasteiger partial charge on any atom is -0.389 e. The van der Waals surface area contributed by atoms with Gasteiger partial charge in [0.15, 0.2) is 0 Å². The van der Waals surface area contributed by atoms with Gasteiger partial charge in [0.1, 0.15) is 0 Å². The zero-order valence-corrected chi connectivity index (χ0v) is 11.3. The zero-order chi connectivity index (χ0) is 13.0. The molecule has 3 heteroatoms. The molecule has 2 rings (SSSR count). The van der Waals surface area contributed by atoms with Gasteiger partial charge in [-0.2, -0.15) is 0 Å². The van der Waals surface area contributed by atoms with Gasteiger partial charge in [0.2, 0.25) is 0 Å². The second-order valence-electron chi connectivity index (χ2n) is 5.14. The van der Waals surface area contributed by atoms with Crippen molar-refractivity contribution in [3.8, 4) is 0 Å². The standard InChI is InChI=1S/C15H23NO2/c1-12(17)14-7-3-4-8-15(14)16-9-5-6-13(10-16)11-18-2/h3-4,7-8,12-13,17H,5-6,9-11H2,1-2H3. The average molecular weight is 249 g/mol. The smallest absolute Gasteiger partial charge is 0.0781 e. The molecule has 2 atom stereocenters. The number of rotatable bonds is 4. The van der Waals surface area contributed by atoms with E-state index in [-0.39, 0.29) is 0 Å². The van der Waals surface area contributed by atoms with Crippen molar-refractivity contribution in [1.82, 2.24) is 0 Å². The molecule has 1 saturated heterocycles. The van der Waals surface area contributed by atoms with Crippen LogP contribution in [0.4, 0.5) is 5.69 Å². The topological polar surface area (TPSA) is 32.7 Å². The lowest BCUT2D eigenvalue weighted by Crippen LogP contribution is -2.37. The van der Waals surface area contributed by atoms with Crippen LogP contribution in [-0.4, -0.2) is 31.9 Å². The molecule has 0 amide bonds. The summed E-state index contributed by atoms with van der Waals surface area (Å²) in [6.07, 6.45) is 2.02. The largest absolute Gasteiger partial charge is 0.389 e. The Morgan fingerprint density at radius 1 is 1.44 bits per heavy atom. The first-order valence-corrected chi connectivity index (χ1v) is 6.73. The predicted octanol–water partition coefficient (Wildman–Crippen LogP) is 2.60. The Labute approximate surface area is 109 Å². The maximum Gasteiger partial charge on any atom is 0.0781 e. The van der Waals surface area contributed by atoms with Crippen LogP contribution in [0.1, 0.15) is 31.4 Å². The molecule has 1 aromatic rings. The number of nitrogens with zero attached hydrogens (tertiary/aromatic N) is 1. The highest BCUT2D eigenvalue weighted by Gasteiger charge is 2.22. The van der Waals surface area contributed by atoms with E-state index in [1.54, 1.807) is 7.11 Å². The first kappa shape index (κ1) is 13.4. The number of para-hydroxylation sites is 1. The van der Waals surface area contributed by atoms with Gasteiger partial charge in [0.05, 0.1) is 12.7 Å². The number of benzene rings is 1. The van der Waals surface area contributed by atoms with Crippen molar-refractivity contribution in [2.45, 2.75) is 25.9 Å². The SMILES string of the molecule is COCC1CCCN(c2ccccc2C(C)O)C1. The zero-order valence-electron chi connectivity index (χ0n) is 11.3. The third-order valence-corrected chi connectivity index (χ3v) is 3.65. The highest BCUT2D eigenvalue weighted by atomic mass is 16.5. The first-order chi connectivity index (χ1) is 8.72. The molecule has 0 bridgehead atoms. The summed E-state index contributed by atoms with van der Waals surface area (Å²) >= 11 is 0. The molecule has 0 aliphatic carbocycles. The summed E-state index contributed by atoms with van der Waals surface area (Å²) in [5.41, 5.74) is 2.20. The van der Waals surface area contributed by atoms with Gasteiger partial charge >= 0.3 is 0 Å². The molecule has 0 saturated carbocycles. The summed E-state index contributed by atoms with van der Waals surface area (Å²) in [7, 11) is 1.77. The van der Waals surface area contributed by atoms with Gasteiger partial charge in [-0.3, -0.25) is 0 Å². The molecule has 1 aromatic carbocycles. The van der Waals surface area contributed by atoms with E-state index in [2.05, 4.69) is 11.0 Å². The summed E-state index contributed by atoms with van der Waals surface area (Å²) in [5, 5.41) is 9.85. The van der Waals surface area contributed by atoms with Crippen molar-refractivity contribution in [2.24, 2.45) is 5.92 Å². The Morgan fingerprint density at radius 3 is 2.94 bits per heavy atom. The van der Waals surface area contributed by atoms with E-state index in [4.69, 9.17) is 4.74 Å². The maximum atomic E-state index is 9.85. The van der Waals surface area contributed by atoms with Crippen molar-refractivity contribution in [2.75, 3.05) is 31.7 Å². The number of methoxy groups -OCH3 is 1. The van der Waals surface area contributed by atoms with Crippen molar-refractivity contribution < 1.29 is 9.84 Å². The molecular formula is C15H23NO2. The monoisotopic (exact) mass is 249 g/mol. The van der Waals surface area contributed by atoms with Crippen LogP contribution in [0.3, 0.4) is 0 Å². The van der Waals surface area contributed by atoms with Crippen LogP contribution in [-0.2, 0) is 4.74 Å². The second kappa shape index (κ2) is 6.21. The van der Waals surface area contributed by atoms with Gasteiger partial charge in [-0.25, -0.2) is 0 Å². The van der Waals surface area contributed by atoms with Crippen LogP contribution in [0, 0.1) is 5.92 Å². The van der Waals surface area contributed by atoms with Gasteiger partial charge in [-0.15, -0.1) is 0 Å². The van der Waals surface area contributed by atoms with Gasteiger partial charge in [-0.1, -0.05) is 18.2 Å². The molecule has 1 N–H and O–H groups in total. The van der Waals surface area contributed by atoms with Crippen LogP contribution in [0.5, 0.6) is 0 Å². The highest BCUT2D eigenvalue weighted by molar-refractivity contribution is 5.54. The molecule has 2 unspecified atom stereocenters. The third kappa shape index (κ3) is 3.03. The fourth-order valence-corrected chi connectivity index (χ4v) is 2.78. The van der Waals surface area contributed by atoms with E-state index in [0.717, 1.165) is 25.3 Å². The Morgan fingerprint density at radius 2 is 2.22 bits per heavy atom. The second-order valence-corrected chi connectivity index (χ2v) is 5.14. The molecule has 18 heavy (non-hydrogen) atoms. The molecule has 1 heterocycles. The number of aliphatic hydroxyl groups excluding tert-OH is 1. The summed E-state index contributed by atoms with van der Waals surface area (Å²) in [6.45, 7) is 4.75. The van der Waals surface area contributed by atoms with E-state index >= 15 is 0 Å². The quantitative estimate of drug-likeness (QED) is 0.890. The number of aliphatic hydroxyl groups is 1. The molecule has 100 valence electrons. The van der Waals surface area contributed by atoms with Gasteiger partial charge in [-0.05, 0) is 31.7 Å². The Hall–Kier alpha value is -1.06. The minimum atomic E-state index is -0.413. The molecule has 0 radical (unpaired) electrons. The summed E-state index contributed by atoms with van der Waals surface area (Å²) < 4.78 is 5.27. The van der Waals surface area contributed by atoms with Crippen molar-refractivity contribution in [3.63, 3.8) is 0 Å². The lowest BCUT2D eigenvalue weighted by atomic mass is 9.97. The van der Waals surface area contributed by atoms with Gasteiger partial charge in [0, 0.05) is 31.5 Å². The van der Waals surface area contributed by atoms with Crippen molar-refractivity contribution >= 4 is 5.69 Å². The average Bonchev–Trinajstić information content (AvgIpc) is 2.39. The summed E-state index contributed by atoms with van der Waals surface area (Å²) in [6, 6.07) is 8.15. The molecule has 0 aromatic heterocycles. The molecule has 1 fully saturated rings. The Bertz CT molecular complexity index is 377. The van der Waals surface area contributed by atoms with E-state index in [0.29, 0.717) is 5.92 Å². The predicted molar refractivity (Wildman–Crippen MR) is 73.9 cm³/mol. The molecule has 1 aliphatic heterocycles.